The van der Waals surface area contributed by atoms with Gasteiger partial charge >= 0.3 is 11.1 Å². The van der Waals surface area contributed by atoms with Gasteiger partial charge in [-0.25, -0.2) is 8.42 Å². The number of aromatic amines is 2. The summed E-state index contributed by atoms with van der Waals surface area (Å²) in [6.45, 7) is 5.53. The molecule has 0 bridgehead atoms. The molecule has 0 saturated carbocycles. The van der Waals surface area contributed by atoms with Crippen LogP contribution in [-0.2, 0) is 10.0 Å². The Bertz CT molecular complexity index is 1630. The lowest BCUT2D eigenvalue weighted by Crippen LogP contribution is -2.29. The van der Waals surface area contributed by atoms with Crippen LogP contribution in [0, 0.1) is 20.8 Å². The largest absolute Gasteiger partial charge is 0.378 e. The topological polar surface area (TPSA) is 115 Å². The van der Waals surface area contributed by atoms with Crippen LogP contribution in [0.15, 0.2) is 63.0 Å². The van der Waals surface area contributed by atoms with E-state index in [1.165, 1.54) is 12.1 Å². The Kier molecular flexibility index (Phi) is 5.82. The highest BCUT2D eigenvalue weighted by atomic mass is 32.2. The van der Waals surface area contributed by atoms with E-state index < -0.39 is 21.1 Å². The first-order valence-corrected chi connectivity index (χ1v) is 12.1. The van der Waals surface area contributed by atoms with Crippen molar-refractivity contribution in [2.45, 2.75) is 25.7 Å². The first-order chi connectivity index (χ1) is 16.0. The molecule has 0 aliphatic heterocycles. The molecule has 34 heavy (non-hydrogen) atoms. The van der Waals surface area contributed by atoms with Crippen molar-refractivity contribution >= 4 is 32.4 Å². The smallest absolute Gasteiger partial charge is 0.314 e. The van der Waals surface area contributed by atoms with Crippen LogP contribution in [0.4, 0.5) is 11.4 Å². The summed E-state index contributed by atoms with van der Waals surface area (Å²) in [6, 6.07) is 14.7. The Balaban J connectivity index is 1.74. The Morgan fingerprint density at radius 1 is 0.794 bits per heavy atom. The van der Waals surface area contributed by atoms with Crippen LogP contribution in [0.5, 0.6) is 0 Å². The number of sulfonamides is 1. The summed E-state index contributed by atoms with van der Waals surface area (Å²) >= 11 is 0. The number of fused-ring (bicyclic) bond motifs is 1. The molecule has 0 atom stereocenters. The molecule has 0 aliphatic rings. The van der Waals surface area contributed by atoms with Gasteiger partial charge in [-0.1, -0.05) is 12.1 Å². The van der Waals surface area contributed by atoms with Gasteiger partial charge in [-0.2, -0.15) is 0 Å². The maximum Gasteiger partial charge on any atom is 0.314 e. The Morgan fingerprint density at radius 3 is 1.97 bits per heavy atom. The fourth-order valence-corrected chi connectivity index (χ4v) is 5.46. The Morgan fingerprint density at radius 2 is 1.38 bits per heavy atom. The second-order valence-electron chi connectivity index (χ2n) is 8.61. The molecule has 0 fully saturated rings. The third-order valence-electron chi connectivity index (χ3n) is 5.74. The Labute approximate surface area is 197 Å². The van der Waals surface area contributed by atoms with Gasteiger partial charge < -0.3 is 14.9 Å². The molecular weight excluding hydrogens is 452 g/mol. The monoisotopic (exact) mass is 478 g/mol. The molecule has 1 aromatic heterocycles. The summed E-state index contributed by atoms with van der Waals surface area (Å²) < 4.78 is 29.1. The van der Waals surface area contributed by atoms with E-state index in [0.29, 0.717) is 16.8 Å². The van der Waals surface area contributed by atoms with Gasteiger partial charge in [0.25, 0.3) is 10.0 Å². The summed E-state index contributed by atoms with van der Waals surface area (Å²) in [5, 5.41) is 0. The van der Waals surface area contributed by atoms with Crippen LogP contribution >= 0.6 is 0 Å². The third kappa shape index (κ3) is 4.34. The van der Waals surface area contributed by atoms with Crippen LogP contribution in [0.1, 0.15) is 16.7 Å². The maximum absolute atomic E-state index is 13.2. The molecule has 1 heterocycles. The van der Waals surface area contributed by atoms with E-state index in [0.717, 1.165) is 27.9 Å². The van der Waals surface area contributed by atoms with Gasteiger partial charge in [-0.15, -0.1) is 0 Å². The lowest BCUT2D eigenvalue weighted by Gasteiger charge is -2.18. The number of hydrogen-bond donors (Lipinski definition) is 3. The summed E-state index contributed by atoms with van der Waals surface area (Å²) in [6.07, 6.45) is 0. The van der Waals surface area contributed by atoms with Crippen molar-refractivity contribution in [1.82, 2.24) is 9.97 Å². The van der Waals surface area contributed by atoms with Gasteiger partial charge in [0.2, 0.25) is 0 Å². The second kappa shape index (κ2) is 8.49. The minimum atomic E-state index is -3.96. The molecule has 4 aromatic rings. The fourth-order valence-electron chi connectivity index (χ4n) is 4.17. The molecule has 8 nitrogen and oxygen atoms in total. The van der Waals surface area contributed by atoms with Crippen LogP contribution in [0.3, 0.4) is 0 Å². The molecule has 9 heteroatoms. The van der Waals surface area contributed by atoms with Crippen molar-refractivity contribution in [3.63, 3.8) is 0 Å². The van der Waals surface area contributed by atoms with Crippen LogP contribution in [0.2, 0.25) is 0 Å². The second-order valence-corrected chi connectivity index (χ2v) is 10.3. The van der Waals surface area contributed by atoms with Gasteiger partial charge in [0.15, 0.2) is 0 Å². The average Bonchev–Trinajstić information content (AvgIpc) is 2.74. The quantitative estimate of drug-likeness (QED) is 0.379. The highest BCUT2D eigenvalue weighted by Crippen LogP contribution is 2.33. The highest BCUT2D eigenvalue weighted by molar-refractivity contribution is 7.92. The molecular formula is C25H26N4O4S. The molecule has 3 aromatic carbocycles. The van der Waals surface area contributed by atoms with Crippen molar-refractivity contribution in [3.8, 4) is 11.1 Å². The molecule has 176 valence electrons. The normalized spacial score (nSPS) is 11.6. The van der Waals surface area contributed by atoms with E-state index in [9.17, 15) is 18.0 Å². The van der Waals surface area contributed by atoms with Gasteiger partial charge in [0.1, 0.15) is 0 Å². The van der Waals surface area contributed by atoms with E-state index in [2.05, 4.69) is 20.8 Å². The van der Waals surface area contributed by atoms with E-state index >= 15 is 0 Å². The highest BCUT2D eigenvalue weighted by Gasteiger charge is 2.20. The zero-order chi connectivity index (χ0) is 24.8. The number of rotatable bonds is 5. The molecule has 0 unspecified atom stereocenters. The number of H-pyrrole nitrogens is 2. The molecule has 0 amide bonds. The number of nitrogens with zero attached hydrogens (tertiary/aromatic N) is 1. The predicted octanol–water partition coefficient (Wildman–Crippen LogP) is 3.68. The number of hydrogen-bond acceptors (Lipinski definition) is 5. The molecule has 0 radical (unpaired) electrons. The molecule has 3 N–H and O–H groups in total. The van der Waals surface area contributed by atoms with E-state index in [-0.39, 0.29) is 10.4 Å². The standard InChI is InChI=1S/C25H26N4O4S/c1-14-11-20-21(27-25(31)24(30)26-20)13-22(14)34(32,33)28-18-9-15(2)23(16(3)10-18)17-7-6-8-19(12-17)29(4)5/h6-13,28H,1-5H3,(H,26,30)(H,27,31). The number of anilines is 2. The summed E-state index contributed by atoms with van der Waals surface area (Å²) in [5.41, 5.74) is 4.90. The number of aryl methyl sites for hydroxylation is 3. The molecule has 0 aliphatic carbocycles. The van der Waals surface area contributed by atoms with Gasteiger partial charge in [0.05, 0.1) is 15.9 Å². The van der Waals surface area contributed by atoms with Crippen LogP contribution < -0.4 is 20.7 Å². The van der Waals surface area contributed by atoms with E-state index in [1.54, 1.807) is 19.1 Å². The number of nitrogens with one attached hydrogen (secondary N) is 3. The maximum atomic E-state index is 13.2. The molecule has 0 spiro atoms. The summed E-state index contributed by atoms with van der Waals surface area (Å²) in [7, 11) is 0.0116. The Hall–Kier alpha value is -3.85. The summed E-state index contributed by atoms with van der Waals surface area (Å²) in [4.78, 5) is 30.2. The minimum Gasteiger partial charge on any atom is -0.378 e. The van der Waals surface area contributed by atoms with E-state index in [4.69, 9.17) is 0 Å². The van der Waals surface area contributed by atoms with Crippen molar-refractivity contribution in [2.24, 2.45) is 0 Å². The molecule has 0 saturated heterocycles. The lowest BCUT2D eigenvalue weighted by atomic mass is 9.95. The fraction of sp³-hybridized carbons (Fsp3) is 0.200. The van der Waals surface area contributed by atoms with Crippen molar-refractivity contribution in [2.75, 3.05) is 23.7 Å². The molecule has 4 rings (SSSR count). The van der Waals surface area contributed by atoms with Crippen LogP contribution in [-0.4, -0.2) is 32.5 Å². The van der Waals surface area contributed by atoms with Crippen LogP contribution in [0.25, 0.3) is 22.2 Å². The third-order valence-corrected chi connectivity index (χ3v) is 7.27. The van der Waals surface area contributed by atoms with Crippen molar-refractivity contribution < 1.29 is 8.42 Å². The van der Waals surface area contributed by atoms with Crippen molar-refractivity contribution in [1.29, 1.82) is 0 Å². The van der Waals surface area contributed by atoms with Crippen molar-refractivity contribution in [3.05, 3.63) is 85.9 Å². The zero-order valence-corrected chi connectivity index (χ0v) is 20.4. The predicted molar refractivity (Wildman–Crippen MR) is 136 cm³/mol. The SMILES string of the molecule is Cc1cc2[nH]c(=O)c(=O)[nH]c2cc1S(=O)(=O)Nc1cc(C)c(-c2cccc(N(C)C)c2)c(C)c1. The first kappa shape index (κ1) is 23.3. The van der Waals surface area contributed by atoms with Gasteiger partial charge in [-0.05, 0) is 85.0 Å². The number of aromatic nitrogens is 2. The minimum absolute atomic E-state index is 0.0146. The van der Waals surface area contributed by atoms with Gasteiger partial charge in [-0.3, -0.25) is 14.3 Å². The first-order valence-electron chi connectivity index (χ1n) is 10.6. The summed E-state index contributed by atoms with van der Waals surface area (Å²) in [5.74, 6) is 0. The number of benzene rings is 3. The zero-order valence-electron chi connectivity index (χ0n) is 19.6. The van der Waals surface area contributed by atoms with E-state index in [1.807, 2.05) is 51.0 Å². The van der Waals surface area contributed by atoms with Gasteiger partial charge in [0, 0.05) is 25.5 Å². The lowest BCUT2D eigenvalue weighted by molar-refractivity contribution is 0.600. The average molecular weight is 479 g/mol.